The van der Waals surface area contributed by atoms with Crippen LogP contribution in [0.1, 0.15) is 28.1 Å². The van der Waals surface area contributed by atoms with Crippen molar-refractivity contribution in [2.24, 2.45) is 0 Å². The van der Waals surface area contributed by atoms with E-state index >= 15 is 0 Å². The minimum Gasteiger partial charge on any atom is -0.493 e. The van der Waals surface area contributed by atoms with E-state index in [1.807, 2.05) is 0 Å². The van der Waals surface area contributed by atoms with Crippen LogP contribution in [0.4, 0.5) is 0 Å². The number of hydrogen-bond donors (Lipinski definition) is 0. The zero-order valence-corrected chi connectivity index (χ0v) is 18.7. The third kappa shape index (κ3) is 4.19. The first-order chi connectivity index (χ1) is 13.9. The summed E-state index contributed by atoms with van der Waals surface area (Å²) in [6.45, 7) is 8.58. The third-order valence-electron chi connectivity index (χ3n) is 5.02. The first kappa shape index (κ1) is 21.0. The van der Waals surface area contributed by atoms with E-state index in [1.165, 1.54) is 27.1 Å². The van der Waals surface area contributed by atoms with Crippen molar-refractivity contribution in [1.29, 1.82) is 0 Å². The van der Waals surface area contributed by atoms with Crippen LogP contribution in [0.5, 0.6) is 17.2 Å². The zero-order chi connectivity index (χ0) is 21.1. The van der Waals surface area contributed by atoms with Crippen LogP contribution >= 0.6 is 11.8 Å². The second-order valence-corrected chi connectivity index (χ2v) is 7.78. The molecule has 0 saturated carbocycles. The van der Waals surface area contributed by atoms with Gasteiger partial charge in [0, 0.05) is 10.5 Å². The number of aryl methyl sites for hydroxylation is 2. The maximum absolute atomic E-state index is 5.91. The molecule has 3 rings (SSSR count). The molecule has 29 heavy (non-hydrogen) atoms. The molecule has 0 saturated heterocycles. The van der Waals surface area contributed by atoms with Gasteiger partial charge in [0.25, 0.3) is 0 Å². The summed E-state index contributed by atoms with van der Waals surface area (Å²) in [6, 6.07) is 5.82. The Morgan fingerprint density at radius 3 is 1.93 bits per heavy atom. The number of aromatic nitrogens is 2. The van der Waals surface area contributed by atoms with Gasteiger partial charge in [0.05, 0.1) is 27.1 Å². The van der Waals surface area contributed by atoms with Crippen molar-refractivity contribution in [2.45, 2.75) is 38.3 Å². The highest BCUT2D eigenvalue weighted by Gasteiger charge is 2.18. The van der Waals surface area contributed by atoms with Gasteiger partial charge in [-0.25, -0.2) is 0 Å². The first-order valence-electron chi connectivity index (χ1n) is 9.22. The Kier molecular flexibility index (Phi) is 6.37. The largest absolute Gasteiger partial charge is 0.493 e. The molecule has 7 heteroatoms. The quantitative estimate of drug-likeness (QED) is 0.487. The maximum Gasteiger partial charge on any atom is 0.248 e. The summed E-state index contributed by atoms with van der Waals surface area (Å²) < 4.78 is 22.1. The predicted octanol–water partition coefficient (Wildman–Crippen LogP) is 5.29. The number of benzene rings is 2. The molecule has 0 fully saturated rings. The average Bonchev–Trinajstić information content (AvgIpc) is 3.20. The summed E-state index contributed by atoms with van der Waals surface area (Å²) in [4.78, 5) is 1.27. The summed E-state index contributed by atoms with van der Waals surface area (Å²) in [7, 11) is 4.72. The Balaban J connectivity index is 1.86. The average molecular weight is 415 g/mol. The number of methoxy groups -OCH3 is 3. The van der Waals surface area contributed by atoms with Gasteiger partial charge in [-0.1, -0.05) is 6.07 Å². The molecule has 0 aliphatic carbocycles. The molecule has 0 aliphatic rings. The van der Waals surface area contributed by atoms with Gasteiger partial charge in [0.15, 0.2) is 11.5 Å². The van der Waals surface area contributed by atoms with Crippen molar-refractivity contribution >= 4 is 11.8 Å². The fraction of sp³-hybridized carbons (Fsp3) is 0.364. The van der Waals surface area contributed by atoms with Crippen molar-refractivity contribution in [2.75, 3.05) is 21.3 Å². The molecular weight excluding hydrogens is 388 g/mol. The highest BCUT2D eigenvalue weighted by molar-refractivity contribution is 7.98. The van der Waals surface area contributed by atoms with E-state index in [9.17, 15) is 0 Å². The second-order valence-electron chi connectivity index (χ2n) is 6.79. The SMILES string of the molecule is COc1cc(-c2nnc(CSc3c(C)c(C)cc(C)c3C)o2)cc(OC)c1OC. The van der Waals surface area contributed by atoms with Crippen LogP contribution in [0.2, 0.25) is 0 Å². The Labute approximate surface area is 175 Å². The fourth-order valence-electron chi connectivity index (χ4n) is 3.16. The fourth-order valence-corrected chi connectivity index (χ4v) is 4.30. The molecule has 6 nitrogen and oxygen atoms in total. The Morgan fingerprint density at radius 2 is 1.41 bits per heavy atom. The lowest BCUT2D eigenvalue weighted by Gasteiger charge is -2.14. The molecule has 0 spiro atoms. The summed E-state index contributed by atoms with van der Waals surface area (Å²) in [5.41, 5.74) is 5.88. The van der Waals surface area contributed by atoms with E-state index in [4.69, 9.17) is 18.6 Å². The number of thioether (sulfide) groups is 1. The van der Waals surface area contributed by atoms with Crippen molar-refractivity contribution in [1.82, 2.24) is 10.2 Å². The van der Waals surface area contributed by atoms with Gasteiger partial charge < -0.3 is 18.6 Å². The van der Waals surface area contributed by atoms with Gasteiger partial charge in [0.1, 0.15) is 0 Å². The van der Waals surface area contributed by atoms with Crippen LogP contribution in [0, 0.1) is 27.7 Å². The van der Waals surface area contributed by atoms with Crippen molar-refractivity contribution < 1.29 is 18.6 Å². The molecule has 154 valence electrons. The highest BCUT2D eigenvalue weighted by atomic mass is 32.2. The van der Waals surface area contributed by atoms with Gasteiger partial charge in [0.2, 0.25) is 17.5 Å². The molecule has 1 heterocycles. The van der Waals surface area contributed by atoms with Crippen LogP contribution < -0.4 is 14.2 Å². The number of rotatable bonds is 7. The number of hydrogen-bond acceptors (Lipinski definition) is 7. The van der Waals surface area contributed by atoms with Gasteiger partial charge >= 0.3 is 0 Å². The van der Waals surface area contributed by atoms with Crippen LogP contribution in [-0.4, -0.2) is 31.5 Å². The van der Waals surface area contributed by atoms with E-state index < -0.39 is 0 Å². The minimum absolute atomic E-state index is 0.411. The Morgan fingerprint density at radius 1 is 0.828 bits per heavy atom. The standard InChI is InChI=1S/C22H26N2O4S/c1-12-8-13(2)15(4)21(14(12)3)29-11-19-23-24-22(28-19)16-9-17(25-5)20(27-7)18(10-16)26-6/h8-10H,11H2,1-7H3. The molecular formula is C22H26N2O4S. The lowest BCUT2D eigenvalue weighted by Crippen LogP contribution is -1.95. The third-order valence-corrected chi connectivity index (χ3v) is 6.31. The van der Waals surface area contributed by atoms with Crippen LogP contribution in [0.3, 0.4) is 0 Å². The van der Waals surface area contributed by atoms with Crippen molar-refractivity contribution in [3.8, 4) is 28.7 Å². The summed E-state index contributed by atoms with van der Waals surface area (Å²) in [5.74, 6) is 3.18. The molecule has 0 amide bonds. The molecule has 0 unspecified atom stereocenters. The van der Waals surface area contributed by atoms with Gasteiger partial charge in [-0.3, -0.25) is 0 Å². The summed E-state index contributed by atoms with van der Waals surface area (Å²) >= 11 is 1.72. The van der Waals surface area contributed by atoms with Gasteiger partial charge in [-0.15, -0.1) is 22.0 Å². The minimum atomic E-state index is 0.411. The Bertz CT molecular complexity index is 979. The topological polar surface area (TPSA) is 66.6 Å². The molecule has 0 bridgehead atoms. The Hall–Kier alpha value is -2.67. The summed E-state index contributed by atoms with van der Waals surface area (Å²) in [5, 5.41) is 8.42. The second kappa shape index (κ2) is 8.78. The van der Waals surface area contributed by atoms with Crippen LogP contribution in [-0.2, 0) is 5.75 Å². The van der Waals surface area contributed by atoms with E-state index in [0.717, 1.165) is 0 Å². The first-order valence-corrected chi connectivity index (χ1v) is 10.2. The van der Waals surface area contributed by atoms with E-state index in [1.54, 1.807) is 45.2 Å². The number of nitrogens with zero attached hydrogens (tertiary/aromatic N) is 2. The van der Waals surface area contributed by atoms with Gasteiger partial charge in [-0.05, 0) is 62.1 Å². The van der Waals surface area contributed by atoms with E-state index in [2.05, 4.69) is 44.0 Å². The molecule has 0 radical (unpaired) electrons. The molecule has 2 aromatic carbocycles. The molecule has 0 aliphatic heterocycles. The van der Waals surface area contributed by atoms with Gasteiger partial charge in [-0.2, -0.15) is 0 Å². The maximum atomic E-state index is 5.91. The molecule has 0 atom stereocenters. The van der Waals surface area contributed by atoms with Crippen molar-refractivity contribution in [3.63, 3.8) is 0 Å². The summed E-state index contributed by atoms with van der Waals surface area (Å²) in [6.07, 6.45) is 0. The predicted molar refractivity (Wildman–Crippen MR) is 114 cm³/mol. The van der Waals surface area contributed by atoms with Crippen molar-refractivity contribution in [3.05, 3.63) is 46.3 Å². The lowest BCUT2D eigenvalue weighted by molar-refractivity contribution is 0.324. The van der Waals surface area contributed by atoms with E-state index in [0.29, 0.717) is 40.3 Å². The van der Waals surface area contributed by atoms with Crippen LogP contribution in [0.25, 0.3) is 11.5 Å². The van der Waals surface area contributed by atoms with Crippen LogP contribution in [0.15, 0.2) is 27.5 Å². The molecule has 0 N–H and O–H groups in total. The normalized spacial score (nSPS) is 10.9. The highest BCUT2D eigenvalue weighted by Crippen LogP contribution is 2.41. The monoisotopic (exact) mass is 414 g/mol. The number of ether oxygens (including phenoxy) is 3. The lowest BCUT2D eigenvalue weighted by atomic mass is 10.0. The molecule has 1 aromatic heterocycles. The molecule has 3 aromatic rings. The van der Waals surface area contributed by atoms with E-state index in [-0.39, 0.29) is 0 Å². The smallest absolute Gasteiger partial charge is 0.248 e. The zero-order valence-electron chi connectivity index (χ0n) is 17.9.